The van der Waals surface area contributed by atoms with Gasteiger partial charge in [-0.1, -0.05) is 24.8 Å². The fourth-order valence-electron chi connectivity index (χ4n) is 1.49. The third-order valence-electron chi connectivity index (χ3n) is 2.90. The zero-order chi connectivity index (χ0) is 12.5. The highest BCUT2D eigenvalue weighted by Gasteiger charge is 2.18. The lowest BCUT2D eigenvalue weighted by atomic mass is 10.1. The molecule has 0 radical (unpaired) electrons. The molecule has 0 saturated heterocycles. The molecule has 0 aliphatic heterocycles. The van der Waals surface area contributed by atoms with Crippen LogP contribution in [0.4, 0.5) is 0 Å². The van der Waals surface area contributed by atoms with Gasteiger partial charge in [-0.2, -0.15) is 0 Å². The van der Waals surface area contributed by atoms with Crippen molar-refractivity contribution in [2.24, 2.45) is 0 Å². The van der Waals surface area contributed by atoms with Crippen LogP contribution < -0.4 is 0 Å². The van der Waals surface area contributed by atoms with E-state index in [9.17, 15) is 5.11 Å². The predicted molar refractivity (Wildman–Crippen MR) is 72.5 cm³/mol. The topological polar surface area (TPSA) is 48.9 Å². The van der Waals surface area contributed by atoms with Gasteiger partial charge in [-0.3, -0.25) is 0 Å². The van der Waals surface area contributed by atoms with Gasteiger partial charge < -0.3 is 10.1 Å². The molecular weight excluding hydrogens is 232 g/mol. The highest BCUT2D eigenvalue weighted by Crippen LogP contribution is 2.24. The second-order valence-corrected chi connectivity index (χ2v) is 5.67. The first-order valence-electron chi connectivity index (χ1n) is 5.82. The molecule has 0 saturated carbocycles. The normalized spacial score (nSPS) is 15.1. The zero-order valence-corrected chi connectivity index (χ0v) is 11.3. The molecule has 2 aromatic rings. The monoisotopic (exact) mass is 250 g/mol. The maximum absolute atomic E-state index is 9.94. The number of hydrogen-bond acceptors (Lipinski definition) is 3. The lowest BCUT2D eigenvalue weighted by molar-refractivity contribution is 0.0815. The number of nitrogens with zero attached hydrogens (tertiary/aromatic N) is 1. The highest BCUT2D eigenvalue weighted by atomic mass is 32.2. The van der Waals surface area contributed by atoms with E-state index in [1.807, 2.05) is 19.9 Å². The minimum Gasteiger partial charge on any atom is -0.389 e. The average molecular weight is 250 g/mol. The van der Waals surface area contributed by atoms with Crippen molar-refractivity contribution in [1.82, 2.24) is 9.97 Å². The van der Waals surface area contributed by atoms with Gasteiger partial charge in [0.05, 0.1) is 16.6 Å². The summed E-state index contributed by atoms with van der Waals surface area (Å²) in [4.78, 5) is 7.76. The SMILES string of the molecule is CCC(C)(O)CSc1nc2ccc(C)cc2[nH]1. The summed E-state index contributed by atoms with van der Waals surface area (Å²) in [7, 11) is 0. The number of imidazole rings is 1. The Kier molecular flexibility index (Phi) is 3.45. The highest BCUT2D eigenvalue weighted by molar-refractivity contribution is 7.99. The first-order valence-corrected chi connectivity index (χ1v) is 6.80. The molecule has 0 aliphatic carbocycles. The summed E-state index contributed by atoms with van der Waals surface area (Å²) in [6, 6.07) is 6.16. The molecule has 1 heterocycles. The van der Waals surface area contributed by atoms with Crippen LogP contribution in [0.5, 0.6) is 0 Å². The molecule has 0 bridgehead atoms. The molecular formula is C13H18N2OS. The van der Waals surface area contributed by atoms with Gasteiger partial charge >= 0.3 is 0 Å². The maximum atomic E-state index is 9.94. The summed E-state index contributed by atoms with van der Waals surface area (Å²) < 4.78 is 0. The van der Waals surface area contributed by atoms with E-state index in [1.165, 1.54) is 5.56 Å². The second-order valence-electron chi connectivity index (χ2n) is 4.70. The van der Waals surface area contributed by atoms with Gasteiger partial charge in [0.25, 0.3) is 0 Å². The molecule has 0 spiro atoms. The van der Waals surface area contributed by atoms with E-state index < -0.39 is 5.60 Å². The van der Waals surface area contributed by atoms with Crippen molar-refractivity contribution in [3.05, 3.63) is 23.8 Å². The van der Waals surface area contributed by atoms with Gasteiger partial charge in [-0.25, -0.2) is 4.98 Å². The van der Waals surface area contributed by atoms with Crippen LogP contribution in [0, 0.1) is 6.92 Å². The first-order chi connectivity index (χ1) is 8.00. The van der Waals surface area contributed by atoms with Gasteiger partial charge in [0, 0.05) is 5.75 Å². The number of aryl methyl sites for hydroxylation is 1. The molecule has 0 fully saturated rings. The standard InChI is InChI=1S/C13H18N2OS/c1-4-13(3,16)8-17-12-14-10-6-5-9(2)7-11(10)15-12/h5-7,16H,4,8H2,1-3H3,(H,14,15). The van der Waals surface area contributed by atoms with Crippen LogP contribution >= 0.6 is 11.8 Å². The van der Waals surface area contributed by atoms with E-state index in [0.717, 1.165) is 22.6 Å². The molecule has 2 N–H and O–H groups in total. The van der Waals surface area contributed by atoms with Crippen LogP contribution in [0.2, 0.25) is 0 Å². The number of benzene rings is 1. The van der Waals surface area contributed by atoms with E-state index in [0.29, 0.717) is 5.75 Å². The number of nitrogens with one attached hydrogen (secondary N) is 1. The first kappa shape index (κ1) is 12.5. The quantitative estimate of drug-likeness (QED) is 0.820. The number of H-pyrrole nitrogens is 1. The molecule has 1 unspecified atom stereocenters. The van der Waals surface area contributed by atoms with E-state index in [4.69, 9.17) is 0 Å². The second kappa shape index (κ2) is 4.70. The molecule has 4 heteroatoms. The fraction of sp³-hybridized carbons (Fsp3) is 0.462. The summed E-state index contributed by atoms with van der Waals surface area (Å²) in [5.74, 6) is 0.655. The van der Waals surface area contributed by atoms with Crippen molar-refractivity contribution in [3.63, 3.8) is 0 Å². The Morgan fingerprint density at radius 1 is 1.47 bits per heavy atom. The van der Waals surface area contributed by atoms with Crippen LogP contribution in [-0.2, 0) is 0 Å². The van der Waals surface area contributed by atoms with Crippen LogP contribution in [0.1, 0.15) is 25.8 Å². The summed E-state index contributed by atoms with van der Waals surface area (Å²) in [6.07, 6.45) is 0.749. The lowest BCUT2D eigenvalue weighted by Crippen LogP contribution is -2.25. The smallest absolute Gasteiger partial charge is 0.166 e. The van der Waals surface area contributed by atoms with Crippen LogP contribution in [0.25, 0.3) is 11.0 Å². The molecule has 2 rings (SSSR count). The fourth-order valence-corrected chi connectivity index (χ4v) is 2.49. The third-order valence-corrected chi connectivity index (χ3v) is 4.13. The Balaban J connectivity index is 2.15. The summed E-state index contributed by atoms with van der Waals surface area (Å²) in [6.45, 7) is 5.91. The minimum atomic E-state index is -0.625. The number of aliphatic hydroxyl groups is 1. The van der Waals surface area contributed by atoms with E-state index >= 15 is 0 Å². The van der Waals surface area contributed by atoms with Gasteiger partial charge in [-0.15, -0.1) is 0 Å². The number of aromatic nitrogens is 2. The van der Waals surface area contributed by atoms with Crippen molar-refractivity contribution < 1.29 is 5.11 Å². The molecule has 1 aromatic carbocycles. The van der Waals surface area contributed by atoms with Crippen molar-refractivity contribution in [2.45, 2.75) is 37.9 Å². The molecule has 0 aliphatic rings. The summed E-state index contributed by atoms with van der Waals surface area (Å²) in [5.41, 5.74) is 2.63. The molecule has 1 atom stereocenters. The largest absolute Gasteiger partial charge is 0.389 e. The van der Waals surface area contributed by atoms with Crippen LogP contribution in [0.15, 0.2) is 23.4 Å². The van der Waals surface area contributed by atoms with Gasteiger partial charge in [0.2, 0.25) is 0 Å². The molecule has 1 aromatic heterocycles. The van der Waals surface area contributed by atoms with E-state index in [-0.39, 0.29) is 0 Å². The number of aromatic amines is 1. The Bertz CT molecular complexity index is 519. The van der Waals surface area contributed by atoms with E-state index in [2.05, 4.69) is 29.0 Å². The Morgan fingerprint density at radius 2 is 2.24 bits per heavy atom. The van der Waals surface area contributed by atoms with Crippen LogP contribution in [-0.4, -0.2) is 26.4 Å². The Morgan fingerprint density at radius 3 is 2.94 bits per heavy atom. The number of rotatable bonds is 4. The summed E-state index contributed by atoms with van der Waals surface area (Å²) in [5, 5.41) is 10.8. The predicted octanol–water partition coefficient (Wildman–Crippen LogP) is 3.12. The lowest BCUT2D eigenvalue weighted by Gasteiger charge is -2.19. The van der Waals surface area contributed by atoms with Gasteiger partial charge in [-0.05, 0) is 38.0 Å². The maximum Gasteiger partial charge on any atom is 0.166 e. The average Bonchev–Trinajstić information content (AvgIpc) is 2.68. The molecule has 92 valence electrons. The van der Waals surface area contributed by atoms with Crippen LogP contribution in [0.3, 0.4) is 0 Å². The van der Waals surface area contributed by atoms with Crippen molar-refractivity contribution in [2.75, 3.05) is 5.75 Å². The summed E-state index contributed by atoms with van der Waals surface area (Å²) >= 11 is 1.57. The van der Waals surface area contributed by atoms with Crippen molar-refractivity contribution >= 4 is 22.8 Å². The van der Waals surface area contributed by atoms with E-state index in [1.54, 1.807) is 11.8 Å². The number of hydrogen-bond donors (Lipinski definition) is 2. The molecule has 0 amide bonds. The third kappa shape index (κ3) is 3.01. The van der Waals surface area contributed by atoms with Gasteiger partial charge in [0.1, 0.15) is 0 Å². The number of fused-ring (bicyclic) bond motifs is 1. The molecule has 3 nitrogen and oxygen atoms in total. The molecule has 17 heavy (non-hydrogen) atoms. The van der Waals surface area contributed by atoms with Crippen molar-refractivity contribution in [1.29, 1.82) is 0 Å². The van der Waals surface area contributed by atoms with Gasteiger partial charge in [0.15, 0.2) is 5.16 Å². The number of thioether (sulfide) groups is 1. The zero-order valence-electron chi connectivity index (χ0n) is 10.4. The Hall–Kier alpha value is -1.00. The minimum absolute atomic E-state index is 0.625. The van der Waals surface area contributed by atoms with Crippen molar-refractivity contribution in [3.8, 4) is 0 Å². The Labute approximate surface area is 106 Å².